The minimum absolute atomic E-state index is 0.0249. The maximum atomic E-state index is 12.6. The molecule has 2 aromatic carbocycles. The topological polar surface area (TPSA) is 85.6 Å². The highest BCUT2D eigenvalue weighted by Gasteiger charge is 2.26. The number of sulfonamides is 1. The van der Waals surface area contributed by atoms with E-state index < -0.39 is 15.9 Å². The van der Waals surface area contributed by atoms with Crippen molar-refractivity contribution in [2.75, 3.05) is 6.61 Å². The number of benzene rings is 2. The van der Waals surface area contributed by atoms with Crippen molar-refractivity contribution in [1.82, 2.24) is 4.72 Å². The third-order valence-electron chi connectivity index (χ3n) is 3.97. The molecule has 1 aromatic heterocycles. The monoisotopic (exact) mass is 373 g/mol. The summed E-state index contributed by atoms with van der Waals surface area (Å²) in [6.07, 6.45) is 0. The second kappa shape index (κ2) is 6.84. The van der Waals surface area contributed by atoms with Gasteiger partial charge in [-0.15, -0.1) is 0 Å². The Morgan fingerprint density at radius 3 is 2.62 bits per heavy atom. The van der Waals surface area contributed by atoms with Gasteiger partial charge in [-0.3, -0.25) is 4.79 Å². The number of ether oxygens (including phenoxy) is 1. The minimum atomic E-state index is -4.11. The van der Waals surface area contributed by atoms with E-state index in [1.165, 1.54) is 12.1 Å². The number of amides is 1. The first kappa shape index (κ1) is 18.0. The first-order valence-corrected chi connectivity index (χ1v) is 9.60. The average molecular weight is 373 g/mol. The van der Waals surface area contributed by atoms with Crippen LogP contribution in [0.2, 0.25) is 0 Å². The lowest BCUT2D eigenvalue weighted by Crippen LogP contribution is -2.31. The predicted molar refractivity (Wildman–Crippen MR) is 98.0 cm³/mol. The van der Waals surface area contributed by atoms with Gasteiger partial charge >= 0.3 is 5.91 Å². The highest BCUT2D eigenvalue weighted by atomic mass is 32.2. The maximum Gasteiger partial charge on any atom is 0.301 e. The van der Waals surface area contributed by atoms with Crippen molar-refractivity contribution >= 4 is 26.9 Å². The van der Waals surface area contributed by atoms with Gasteiger partial charge in [0.05, 0.1) is 6.61 Å². The predicted octanol–water partition coefficient (Wildman–Crippen LogP) is 3.57. The van der Waals surface area contributed by atoms with Crippen LogP contribution in [0.1, 0.15) is 28.6 Å². The van der Waals surface area contributed by atoms with Crippen LogP contribution in [0.4, 0.5) is 0 Å². The maximum absolute atomic E-state index is 12.6. The summed E-state index contributed by atoms with van der Waals surface area (Å²) in [5, 5.41) is 0.771. The zero-order valence-corrected chi connectivity index (χ0v) is 15.5. The van der Waals surface area contributed by atoms with Gasteiger partial charge in [-0.25, -0.2) is 13.1 Å². The molecule has 0 unspecified atom stereocenters. The second-order valence-electron chi connectivity index (χ2n) is 5.87. The summed E-state index contributed by atoms with van der Waals surface area (Å²) >= 11 is 0. The van der Waals surface area contributed by atoms with Crippen molar-refractivity contribution in [3.8, 4) is 5.75 Å². The van der Waals surface area contributed by atoms with E-state index >= 15 is 0 Å². The molecule has 0 aliphatic carbocycles. The van der Waals surface area contributed by atoms with Gasteiger partial charge in [0.15, 0.2) is 5.76 Å². The number of furan rings is 1. The van der Waals surface area contributed by atoms with Gasteiger partial charge in [-0.2, -0.15) is 0 Å². The van der Waals surface area contributed by atoms with Crippen LogP contribution in [0.3, 0.4) is 0 Å². The molecule has 6 nitrogen and oxygen atoms in total. The molecular formula is C19H19NO5S. The molecular weight excluding hydrogens is 354 g/mol. The van der Waals surface area contributed by atoms with E-state index in [9.17, 15) is 13.2 Å². The molecule has 7 heteroatoms. The van der Waals surface area contributed by atoms with Crippen molar-refractivity contribution in [1.29, 1.82) is 0 Å². The van der Waals surface area contributed by atoms with Crippen LogP contribution in [-0.4, -0.2) is 20.9 Å². The number of para-hydroxylation sites is 1. The molecule has 3 rings (SSSR count). The SMILES string of the molecule is CCOc1ccccc1S(=O)(=O)NC(=O)c1oc2cc(C)ccc2c1C. The van der Waals surface area contributed by atoms with Crippen molar-refractivity contribution in [2.24, 2.45) is 0 Å². The van der Waals surface area contributed by atoms with Crippen LogP contribution in [0, 0.1) is 13.8 Å². The summed E-state index contributed by atoms with van der Waals surface area (Å²) < 4.78 is 38.3. The van der Waals surface area contributed by atoms with Crippen LogP contribution in [0.25, 0.3) is 11.0 Å². The normalized spacial score (nSPS) is 11.5. The van der Waals surface area contributed by atoms with Gasteiger partial charge in [0.25, 0.3) is 10.0 Å². The molecule has 26 heavy (non-hydrogen) atoms. The Hall–Kier alpha value is -2.80. The molecule has 0 saturated heterocycles. The van der Waals surface area contributed by atoms with Crippen molar-refractivity contribution in [2.45, 2.75) is 25.7 Å². The molecule has 3 aromatic rings. The smallest absolute Gasteiger partial charge is 0.301 e. The Labute approximate surface area is 151 Å². The molecule has 0 fully saturated rings. The van der Waals surface area contributed by atoms with E-state index in [2.05, 4.69) is 4.72 Å². The lowest BCUT2D eigenvalue weighted by molar-refractivity contribution is 0.0955. The molecule has 1 N–H and O–H groups in total. The highest BCUT2D eigenvalue weighted by Crippen LogP contribution is 2.27. The van der Waals surface area contributed by atoms with Crippen LogP contribution >= 0.6 is 0 Å². The molecule has 0 radical (unpaired) electrons. The second-order valence-corrected chi connectivity index (χ2v) is 7.52. The zero-order chi connectivity index (χ0) is 18.9. The van der Waals surface area contributed by atoms with Crippen LogP contribution in [0.15, 0.2) is 51.8 Å². The van der Waals surface area contributed by atoms with Gasteiger partial charge in [0, 0.05) is 10.9 Å². The molecule has 136 valence electrons. The van der Waals surface area contributed by atoms with Gasteiger partial charge in [0.2, 0.25) is 0 Å². The largest absolute Gasteiger partial charge is 0.492 e. The average Bonchev–Trinajstić information content (AvgIpc) is 2.91. The fourth-order valence-corrected chi connectivity index (χ4v) is 3.82. The molecule has 0 atom stereocenters. The Morgan fingerprint density at radius 2 is 1.88 bits per heavy atom. The fraction of sp³-hybridized carbons (Fsp3) is 0.211. The number of aryl methyl sites for hydroxylation is 2. The van der Waals surface area contributed by atoms with Crippen LogP contribution < -0.4 is 9.46 Å². The fourth-order valence-electron chi connectivity index (χ4n) is 2.72. The highest BCUT2D eigenvalue weighted by molar-refractivity contribution is 7.90. The summed E-state index contributed by atoms with van der Waals surface area (Å²) in [6, 6.07) is 11.7. The first-order valence-electron chi connectivity index (χ1n) is 8.12. The van der Waals surface area contributed by atoms with Crippen molar-refractivity contribution in [3.05, 3.63) is 59.4 Å². The van der Waals surface area contributed by atoms with Gasteiger partial charge < -0.3 is 9.15 Å². The van der Waals surface area contributed by atoms with E-state index in [1.54, 1.807) is 32.0 Å². The number of hydrogen-bond acceptors (Lipinski definition) is 5. The number of rotatable bonds is 5. The van der Waals surface area contributed by atoms with E-state index in [1.807, 2.05) is 19.1 Å². The number of hydrogen-bond donors (Lipinski definition) is 1. The lowest BCUT2D eigenvalue weighted by atomic mass is 10.1. The molecule has 0 aliphatic rings. The summed E-state index contributed by atoms with van der Waals surface area (Å²) in [5.74, 6) is -0.655. The van der Waals surface area contributed by atoms with E-state index in [-0.39, 0.29) is 16.4 Å². The van der Waals surface area contributed by atoms with Gasteiger partial charge in [0.1, 0.15) is 16.2 Å². The summed E-state index contributed by atoms with van der Waals surface area (Å²) in [5.41, 5.74) is 2.11. The quantitative estimate of drug-likeness (QED) is 0.739. The van der Waals surface area contributed by atoms with E-state index in [4.69, 9.17) is 9.15 Å². The van der Waals surface area contributed by atoms with Gasteiger partial charge in [-0.05, 0) is 44.5 Å². The third kappa shape index (κ3) is 3.30. The first-order chi connectivity index (χ1) is 12.3. The minimum Gasteiger partial charge on any atom is -0.492 e. The Morgan fingerprint density at radius 1 is 1.15 bits per heavy atom. The molecule has 0 saturated carbocycles. The zero-order valence-electron chi connectivity index (χ0n) is 14.7. The number of carbonyl (C=O) groups excluding carboxylic acids is 1. The number of nitrogens with one attached hydrogen (secondary N) is 1. The van der Waals surface area contributed by atoms with Crippen LogP contribution in [-0.2, 0) is 10.0 Å². The van der Waals surface area contributed by atoms with Crippen LogP contribution in [0.5, 0.6) is 5.75 Å². The Balaban J connectivity index is 1.96. The summed E-state index contributed by atoms with van der Waals surface area (Å²) in [7, 11) is -4.11. The Bertz CT molecular complexity index is 1080. The molecule has 0 spiro atoms. The third-order valence-corrected chi connectivity index (χ3v) is 5.34. The van der Waals surface area contributed by atoms with E-state index in [0.29, 0.717) is 17.8 Å². The lowest BCUT2D eigenvalue weighted by Gasteiger charge is -2.11. The standard InChI is InChI=1S/C19H19NO5S/c1-4-24-15-7-5-6-8-17(15)26(22,23)20-19(21)18-13(3)14-10-9-12(2)11-16(14)25-18/h5-11H,4H2,1-3H3,(H,20,21). The molecule has 1 heterocycles. The van der Waals surface area contributed by atoms with Crippen molar-refractivity contribution < 1.29 is 22.4 Å². The summed E-state index contributed by atoms with van der Waals surface area (Å²) in [4.78, 5) is 12.5. The van der Waals surface area contributed by atoms with Gasteiger partial charge in [-0.1, -0.05) is 24.3 Å². The Kier molecular flexibility index (Phi) is 4.73. The molecule has 0 aliphatic heterocycles. The molecule has 0 bridgehead atoms. The number of carbonyl (C=O) groups is 1. The van der Waals surface area contributed by atoms with E-state index in [0.717, 1.165) is 10.9 Å². The molecule has 1 amide bonds. The van der Waals surface area contributed by atoms with Crippen molar-refractivity contribution in [3.63, 3.8) is 0 Å². The summed E-state index contributed by atoms with van der Waals surface area (Å²) in [6.45, 7) is 5.69. The number of fused-ring (bicyclic) bond motifs is 1.